The highest BCUT2D eigenvalue weighted by Crippen LogP contribution is 2.23. The van der Waals surface area contributed by atoms with E-state index in [9.17, 15) is 9.90 Å². The number of aliphatic hydroxyl groups is 1. The van der Waals surface area contributed by atoms with Crippen molar-refractivity contribution >= 4 is 5.91 Å². The minimum Gasteiger partial charge on any atom is -0.393 e. The monoisotopic (exact) mass is 227 g/mol. The van der Waals surface area contributed by atoms with Gasteiger partial charge in [0.1, 0.15) is 0 Å². The maximum Gasteiger partial charge on any atom is 0.220 e. The SMILES string of the molecule is CCCCCC(=O)NCC1CCCCC1O. The number of rotatable bonds is 6. The first-order valence-corrected chi connectivity index (χ1v) is 6.68. The average molecular weight is 227 g/mol. The van der Waals surface area contributed by atoms with Gasteiger partial charge in [0.15, 0.2) is 0 Å². The van der Waals surface area contributed by atoms with E-state index in [1.807, 2.05) is 0 Å². The molecule has 0 radical (unpaired) electrons. The van der Waals surface area contributed by atoms with Crippen LogP contribution in [0.5, 0.6) is 0 Å². The van der Waals surface area contributed by atoms with Crippen molar-refractivity contribution in [2.45, 2.75) is 64.4 Å². The Kier molecular flexibility index (Phi) is 6.46. The van der Waals surface area contributed by atoms with Crippen LogP contribution >= 0.6 is 0 Å². The molecule has 94 valence electrons. The summed E-state index contributed by atoms with van der Waals surface area (Å²) in [6, 6.07) is 0. The fourth-order valence-corrected chi connectivity index (χ4v) is 2.30. The molecule has 2 unspecified atom stereocenters. The van der Waals surface area contributed by atoms with E-state index in [1.165, 1.54) is 6.42 Å². The summed E-state index contributed by atoms with van der Waals surface area (Å²) >= 11 is 0. The van der Waals surface area contributed by atoms with E-state index in [0.717, 1.165) is 38.5 Å². The van der Waals surface area contributed by atoms with Gasteiger partial charge in [-0.25, -0.2) is 0 Å². The molecule has 3 nitrogen and oxygen atoms in total. The first-order chi connectivity index (χ1) is 7.74. The minimum absolute atomic E-state index is 0.145. The second-order valence-electron chi connectivity index (χ2n) is 4.87. The van der Waals surface area contributed by atoms with Crippen LogP contribution in [-0.2, 0) is 4.79 Å². The van der Waals surface area contributed by atoms with Gasteiger partial charge in [0.2, 0.25) is 5.91 Å². The van der Waals surface area contributed by atoms with Gasteiger partial charge in [0, 0.05) is 18.9 Å². The van der Waals surface area contributed by atoms with Crippen LogP contribution in [0, 0.1) is 5.92 Å². The summed E-state index contributed by atoms with van der Waals surface area (Å²) in [4.78, 5) is 11.5. The predicted octanol–water partition coefficient (Wildman–Crippen LogP) is 2.23. The molecule has 16 heavy (non-hydrogen) atoms. The van der Waals surface area contributed by atoms with Gasteiger partial charge in [0.05, 0.1) is 6.10 Å². The van der Waals surface area contributed by atoms with Crippen LogP contribution in [0.3, 0.4) is 0 Å². The Morgan fingerprint density at radius 1 is 1.31 bits per heavy atom. The Morgan fingerprint density at radius 3 is 2.75 bits per heavy atom. The standard InChI is InChI=1S/C13H25NO2/c1-2-3-4-9-13(16)14-10-11-7-5-6-8-12(11)15/h11-12,15H,2-10H2,1H3,(H,14,16). The van der Waals surface area contributed by atoms with Gasteiger partial charge in [0.25, 0.3) is 0 Å². The van der Waals surface area contributed by atoms with E-state index in [4.69, 9.17) is 0 Å². The normalized spacial score (nSPS) is 25.4. The fourth-order valence-electron chi connectivity index (χ4n) is 2.30. The second kappa shape index (κ2) is 7.66. The predicted molar refractivity (Wildman–Crippen MR) is 65.1 cm³/mol. The van der Waals surface area contributed by atoms with Gasteiger partial charge in [-0.15, -0.1) is 0 Å². The lowest BCUT2D eigenvalue weighted by Crippen LogP contribution is -2.36. The van der Waals surface area contributed by atoms with Gasteiger partial charge in [-0.3, -0.25) is 4.79 Å². The highest BCUT2D eigenvalue weighted by Gasteiger charge is 2.22. The zero-order valence-electron chi connectivity index (χ0n) is 10.4. The number of aliphatic hydroxyl groups excluding tert-OH is 1. The molecule has 1 fully saturated rings. The van der Waals surface area contributed by atoms with Gasteiger partial charge >= 0.3 is 0 Å². The number of hydrogen-bond acceptors (Lipinski definition) is 2. The van der Waals surface area contributed by atoms with E-state index in [-0.39, 0.29) is 17.9 Å². The van der Waals surface area contributed by atoms with Crippen molar-refractivity contribution in [1.82, 2.24) is 5.32 Å². The first-order valence-electron chi connectivity index (χ1n) is 6.68. The molecule has 0 aromatic rings. The smallest absolute Gasteiger partial charge is 0.220 e. The molecule has 0 aliphatic heterocycles. The van der Waals surface area contributed by atoms with Crippen LogP contribution < -0.4 is 5.32 Å². The number of amides is 1. The first kappa shape index (κ1) is 13.5. The molecule has 2 N–H and O–H groups in total. The number of carbonyl (C=O) groups is 1. The van der Waals surface area contributed by atoms with Crippen LogP contribution in [0.2, 0.25) is 0 Å². The minimum atomic E-state index is -0.204. The maximum atomic E-state index is 11.5. The van der Waals surface area contributed by atoms with E-state index in [2.05, 4.69) is 12.2 Å². The number of unbranched alkanes of at least 4 members (excludes halogenated alkanes) is 2. The summed E-state index contributed by atoms with van der Waals surface area (Å²) in [7, 11) is 0. The van der Waals surface area contributed by atoms with Crippen molar-refractivity contribution in [2.24, 2.45) is 5.92 Å². The molecule has 0 aromatic heterocycles. The molecule has 0 aromatic carbocycles. The van der Waals surface area contributed by atoms with Crippen molar-refractivity contribution in [3.63, 3.8) is 0 Å². The van der Waals surface area contributed by atoms with Gasteiger partial charge in [-0.1, -0.05) is 32.6 Å². The van der Waals surface area contributed by atoms with Crippen molar-refractivity contribution in [2.75, 3.05) is 6.54 Å². The Morgan fingerprint density at radius 2 is 2.06 bits per heavy atom. The third-order valence-electron chi connectivity index (χ3n) is 3.44. The van der Waals surface area contributed by atoms with Crippen LogP contribution in [0.4, 0.5) is 0 Å². The number of carbonyl (C=O) groups excluding carboxylic acids is 1. The summed E-state index contributed by atoms with van der Waals surface area (Å²) in [6.07, 6.45) is 7.95. The zero-order chi connectivity index (χ0) is 11.8. The molecular weight excluding hydrogens is 202 g/mol. The van der Waals surface area contributed by atoms with Crippen LogP contribution in [0.15, 0.2) is 0 Å². The molecule has 2 atom stereocenters. The molecule has 0 spiro atoms. The van der Waals surface area contributed by atoms with Gasteiger partial charge < -0.3 is 10.4 Å². The number of hydrogen-bond donors (Lipinski definition) is 2. The molecule has 1 rings (SSSR count). The lowest BCUT2D eigenvalue weighted by atomic mass is 9.86. The Labute approximate surface area is 98.6 Å². The van der Waals surface area contributed by atoms with E-state index < -0.39 is 0 Å². The summed E-state index contributed by atoms with van der Waals surface area (Å²) in [5.74, 6) is 0.426. The molecule has 0 heterocycles. The van der Waals surface area contributed by atoms with E-state index >= 15 is 0 Å². The quantitative estimate of drug-likeness (QED) is 0.684. The molecule has 1 amide bonds. The highest BCUT2D eigenvalue weighted by molar-refractivity contribution is 5.75. The van der Waals surface area contributed by atoms with Crippen molar-refractivity contribution in [3.8, 4) is 0 Å². The third kappa shape index (κ3) is 4.97. The number of nitrogens with one attached hydrogen (secondary N) is 1. The van der Waals surface area contributed by atoms with E-state index in [1.54, 1.807) is 0 Å². The lowest BCUT2D eigenvalue weighted by Gasteiger charge is -2.27. The molecule has 1 aliphatic carbocycles. The Balaban J connectivity index is 2.10. The van der Waals surface area contributed by atoms with Crippen LogP contribution in [0.25, 0.3) is 0 Å². The van der Waals surface area contributed by atoms with Crippen molar-refractivity contribution in [1.29, 1.82) is 0 Å². The molecule has 0 saturated heterocycles. The van der Waals surface area contributed by atoms with Crippen LogP contribution in [0.1, 0.15) is 58.3 Å². The fraction of sp³-hybridized carbons (Fsp3) is 0.923. The largest absolute Gasteiger partial charge is 0.393 e. The van der Waals surface area contributed by atoms with Gasteiger partial charge in [-0.05, 0) is 19.3 Å². The summed E-state index contributed by atoms with van der Waals surface area (Å²) in [6.45, 7) is 2.79. The molecule has 1 aliphatic rings. The summed E-state index contributed by atoms with van der Waals surface area (Å²) in [5.41, 5.74) is 0. The zero-order valence-corrected chi connectivity index (χ0v) is 10.4. The highest BCUT2D eigenvalue weighted by atomic mass is 16.3. The molecule has 3 heteroatoms. The van der Waals surface area contributed by atoms with Crippen molar-refractivity contribution in [3.05, 3.63) is 0 Å². The van der Waals surface area contributed by atoms with Crippen LogP contribution in [-0.4, -0.2) is 23.7 Å². The topological polar surface area (TPSA) is 49.3 Å². The van der Waals surface area contributed by atoms with Gasteiger partial charge in [-0.2, -0.15) is 0 Å². The average Bonchev–Trinajstić information content (AvgIpc) is 2.28. The third-order valence-corrected chi connectivity index (χ3v) is 3.44. The summed E-state index contributed by atoms with van der Waals surface area (Å²) in [5, 5.41) is 12.7. The Bertz CT molecular complexity index is 206. The van der Waals surface area contributed by atoms with E-state index in [0.29, 0.717) is 13.0 Å². The lowest BCUT2D eigenvalue weighted by molar-refractivity contribution is -0.121. The maximum absolute atomic E-state index is 11.5. The Hall–Kier alpha value is -0.570. The molecule has 0 bridgehead atoms. The molecule has 1 saturated carbocycles. The molecular formula is C13H25NO2. The summed E-state index contributed by atoms with van der Waals surface area (Å²) < 4.78 is 0. The van der Waals surface area contributed by atoms with Crippen molar-refractivity contribution < 1.29 is 9.90 Å². The second-order valence-corrected chi connectivity index (χ2v) is 4.87.